The van der Waals surface area contributed by atoms with Gasteiger partial charge in [-0.1, -0.05) is 18.2 Å². The predicted octanol–water partition coefficient (Wildman–Crippen LogP) is 1.77. The standard InChI is InChI=1S/C12H18O4/c1-3-5-9-6-7-10(15-4-2)11(16-9)8-12(13)14/h3,6-7,9-11H,1,4-5,8H2,2H3,(H,13,14)/t9-,10+,11-/m1/s1. The Morgan fingerprint density at radius 1 is 1.62 bits per heavy atom. The van der Waals surface area contributed by atoms with Crippen LogP contribution in [0, 0.1) is 0 Å². The van der Waals surface area contributed by atoms with E-state index in [4.69, 9.17) is 14.6 Å². The van der Waals surface area contributed by atoms with Gasteiger partial charge in [-0.05, 0) is 13.3 Å². The molecule has 0 radical (unpaired) electrons. The summed E-state index contributed by atoms with van der Waals surface area (Å²) in [6, 6.07) is 0. The summed E-state index contributed by atoms with van der Waals surface area (Å²) in [6.07, 6.45) is 5.44. The van der Waals surface area contributed by atoms with E-state index in [1.165, 1.54) is 0 Å². The number of rotatable bonds is 6. The first-order chi connectivity index (χ1) is 7.67. The molecular formula is C12H18O4. The van der Waals surface area contributed by atoms with Crippen LogP contribution in [0.1, 0.15) is 19.8 Å². The molecule has 0 amide bonds. The van der Waals surface area contributed by atoms with Crippen LogP contribution in [0.3, 0.4) is 0 Å². The maximum atomic E-state index is 10.7. The summed E-state index contributed by atoms with van der Waals surface area (Å²) >= 11 is 0. The van der Waals surface area contributed by atoms with Gasteiger partial charge in [0.15, 0.2) is 0 Å². The van der Waals surface area contributed by atoms with Crippen molar-refractivity contribution in [2.75, 3.05) is 6.61 Å². The van der Waals surface area contributed by atoms with E-state index in [-0.39, 0.29) is 18.6 Å². The normalized spacial score (nSPS) is 28.9. The van der Waals surface area contributed by atoms with Gasteiger partial charge in [-0.2, -0.15) is 0 Å². The molecule has 0 unspecified atom stereocenters. The Morgan fingerprint density at radius 2 is 2.38 bits per heavy atom. The number of aliphatic carboxylic acids is 1. The second-order valence-electron chi connectivity index (χ2n) is 3.64. The van der Waals surface area contributed by atoms with Crippen LogP contribution in [0.4, 0.5) is 0 Å². The van der Waals surface area contributed by atoms with Gasteiger partial charge in [0.05, 0.1) is 18.6 Å². The zero-order chi connectivity index (χ0) is 12.0. The van der Waals surface area contributed by atoms with Gasteiger partial charge in [0.25, 0.3) is 0 Å². The Balaban J connectivity index is 2.63. The highest BCUT2D eigenvalue weighted by Gasteiger charge is 2.28. The first-order valence-corrected chi connectivity index (χ1v) is 5.45. The molecule has 0 spiro atoms. The van der Waals surface area contributed by atoms with E-state index in [1.54, 1.807) is 6.08 Å². The average Bonchev–Trinajstić information content (AvgIpc) is 2.22. The van der Waals surface area contributed by atoms with Gasteiger partial charge < -0.3 is 14.6 Å². The first-order valence-electron chi connectivity index (χ1n) is 5.45. The molecule has 0 aromatic rings. The van der Waals surface area contributed by atoms with E-state index in [0.29, 0.717) is 13.0 Å². The maximum absolute atomic E-state index is 10.7. The largest absolute Gasteiger partial charge is 0.481 e. The van der Waals surface area contributed by atoms with Crippen molar-refractivity contribution in [3.63, 3.8) is 0 Å². The first kappa shape index (κ1) is 12.9. The van der Waals surface area contributed by atoms with Crippen LogP contribution < -0.4 is 0 Å². The Kier molecular flexibility index (Phi) is 5.22. The molecule has 0 bridgehead atoms. The van der Waals surface area contributed by atoms with Gasteiger partial charge in [0, 0.05) is 6.61 Å². The molecule has 1 aliphatic heterocycles. The average molecular weight is 226 g/mol. The van der Waals surface area contributed by atoms with Crippen LogP contribution in [0.2, 0.25) is 0 Å². The predicted molar refractivity (Wildman–Crippen MR) is 60.3 cm³/mol. The quantitative estimate of drug-likeness (QED) is 0.701. The highest BCUT2D eigenvalue weighted by molar-refractivity contribution is 5.67. The SMILES string of the molecule is C=CC[C@@H]1C=C[C@H](OCC)[C@@H](CC(=O)O)O1. The lowest BCUT2D eigenvalue weighted by molar-refractivity contribution is -0.146. The Bertz CT molecular complexity index is 272. The van der Waals surface area contributed by atoms with Gasteiger partial charge >= 0.3 is 5.97 Å². The minimum atomic E-state index is -0.873. The zero-order valence-corrected chi connectivity index (χ0v) is 9.46. The Labute approximate surface area is 95.6 Å². The lowest BCUT2D eigenvalue weighted by atomic mass is 10.0. The monoisotopic (exact) mass is 226 g/mol. The van der Waals surface area contributed by atoms with Crippen molar-refractivity contribution in [1.29, 1.82) is 0 Å². The molecule has 3 atom stereocenters. The number of carbonyl (C=O) groups is 1. The molecule has 0 aromatic heterocycles. The van der Waals surface area contributed by atoms with Crippen LogP contribution >= 0.6 is 0 Å². The van der Waals surface area contributed by atoms with Gasteiger partial charge in [-0.15, -0.1) is 6.58 Å². The Hall–Kier alpha value is -1.13. The Morgan fingerprint density at radius 3 is 2.94 bits per heavy atom. The molecule has 4 heteroatoms. The molecular weight excluding hydrogens is 208 g/mol. The van der Waals surface area contributed by atoms with Gasteiger partial charge in [-0.3, -0.25) is 4.79 Å². The molecule has 0 fully saturated rings. The summed E-state index contributed by atoms with van der Waals surface area (Å²) in [5, 5.41) is 8.79. The topological polar surface area (TPSA) is 55.8 Å². The number of carboxylic acid groups (broad SMARTS) is 1. The molecule has 1 N–H and O–H groups in total. The molecule has 90 valence electrons. The summed E-state index contributed by atoms with van der Waals surface area (Å²) in [7, 11) is 0. The zero-order valence-electron chi connectivity index (χ0n) is 9.46. The van der Waals surface area contributed by atoms with Crippen molar-refractivity contribution in [1.82, 2.24) is 0 Å². The smallest absolute Gasteiger partial charge is 0.306 e. The fourth-order valence-electron chi connectivity index (χ4n) is 1.69. The summed E-state index contributed by atoms with van der Waals surface area (Å²) in [5.41, 5.74) is 0. The van der Waals surface area contributed by atoms with E-state index in [0.717, 1.165) is 0 Å². The summed E-state index contributed by atoms with van der Waals surface area (Å²) < 4.78 is 11.1. The molecule has 0 aliphatic carbocycles. The number of hydrogen-bond donors (Lipinski definition) is 1. The third kappa shape index (κ3) is 3.79. The summed E-state index contributed by atoms with van der Waals surface area (Å²) in [6.45, 7) is 6.05. The highest BCUT2D eigenvalue weighted by Crippen LogP contribution is 2.20. The van der Waals surface area contributed by atoms with Crippen LogP contribution in [0.25, 0.3) is 0 Å². The van der Waals surface area contributed by atoms with Crippen molar-refractivity contribution >= 4 is 5.97 Å². The minimum absolute atomic E-state index is 0.0390. The summed E-state index contributed by atoms with van der Waals surface area (Å²) in [4.78, 5) is 10.7. The number of hydrogen-bond acceptors (Lipinski definition) is 3. The lowest BCUT2D eigenvalue weighted by Gasteiger charge is -2.31. The fourth-order valence-corrected chi connectivity index (χ4v) is 1.69. The van der Waals surface area contributed by atoms with E-state index >= 15 is 0 Å². The second-order valence-corrected chi connectivity index (χ2v) is 3.64. The van der Waals surface area contributed by atoms with E-state index in [9.17, 15) is 4.79 Å². The lowest BCUT2D eigenvalue weighted by Crippen LogP contribution is -2.38. The van der Waals surface area contributed by atoms with E-state index in [2.05, 4.69) is 6.58 Å². The van der Waals surface area contributed by atoms with E-state index < -0.39 is 12.1 Å². The fraction of sp³-hybridized carbons (Fsp3) is 0.583. The molecule has 4 nitrogen and oxygen atoms in total. The van der Waals surface area contributed by atoms with Crippen LogP contribution in [0.5, 0.6) is 0 Å². The minimum Gasteiger partial charge on any atom is -0.481 e. The highest BCUT2D eigenvalue weighted by atomic mass is 16.5. The van der Waals surface area contributed by atoms with Crippen LogP contribution in [0.15, 0.2) is 24.8 Å². The number of ether oxygens (including phenoxy) is 2. The summed E-state index contributed by atoms with van der Waals surface area (Å²) in [5.74, 6) is -0.873. The van der Waals surface area contributed by atoms with Gasteiger partial charge in [-0.25, -0.2) is 0 Å². The molecule has 1 rings (SSSR count). The maximum Gasteiger partial charge on any atom is 0.306 e. The van der Waals surface area contributed by atoms with Gasteiger partial charge in [0.2, 0.25) is 0 Å². The molecule has 0 aromatic carbocycles. The van der Waals surface area contributed by atoms with E-state index in [1.807, 2.05) is 19.1 Å². The van der Waals surface area contributed by atoms with Crippen molar-refractivity contribution in [3.8, 4) is 0 Å². The number of carboxylic acids is 1. The third-order valence-corrected chi connectivity index (χ3v) is 2.37. The van der Waals surface area contributed by atoms with Crippen molar-refractivity contribution in [2.45, 2.75) is 38.1 Å². The van der Waals surface area contributed by atoms with Crippen LogP contribution in [-0.4, -0.2) is 36.0 Å². The van der Waals surface area contributed by atoms with Gasteiger partial charge in [0.1, 0.15) is 6.10 Å². The molecule has 1 heterocycles. The molecule has 16 heavy (non-hydrogen) atoms. The van der Waals surface area contributed by atoms with Crippen LogP contribution in [-0.2, 0) is 14.3 Å². The second kappa shape index (κ2) is 6.45. The molecule has 0 saturated carbocycles. The molecule has 1 aliphatic rings. The third-order valence-electron chi connectivity index (χ3n) is 2.37. The van der Waals surface area contributed by atoms with Crippen molar-refractivity contribution in [2.24, 2.45) is 0 Å². The van der Waals surface area contributed by atoms with Crippen molar-refractivity contribution in [3.05, 3.63) is 24.8 Å². The van der Waals surface area contributed by atoms with Crippen molar-refractivity contribution < 1.29 is 19.4 Å². The molecule has 0 saturated heterocycles.